The van der Waals surface area contributed by atoms with Crippen molar-refractivity contribution >= 4 is 28.6 Å². The number of methoxy groups -OCH3 is 2. The van der Waals surface area contributed by atoms with Crippen molar-refractivity contribution in [3.8, 4) is 34.4 Å². The van der Waals surface area contributed by atoms with E-state index in [0.29, 0.717) is 51.1 Å². The number of amides is 1. The minimum absolute atomic E-state index is 0.213. The number of aromatic nitrogens is 2. The van der Waals surface area contributed by atoms with Gasteiger partial charge in [0.05, 0.1) is 49.0 Å². The molecular weight excluding hydrogens is 490 g/mol. The van der Waals surface area contributed by atoms with Gasteiger partial charge in [-0.15, -0.1) is 0 Å². The molecule has 0 aliphatic heterocycles. The van der Waals surface area contributed by atoms with Crippen molar-refractivity contribution in [1.82, 2.24) is 9.97 Å². The first kappa shape index (κ1) is 24.6. The van der Waals surface area contributed by atoms with Gasteiger partial charge in [0.2, 0.25) is 0 Å². The largest absolute Gasteiger partial charge is 0.497 e. The Morgan fingerprint density at radius 3 is 2.13 bits per heavy atom. The summed E-state index contributed by atoms with van der Waals surface area (Å²) < 4.78 is 27.0. The van der Waals surface area contributed by atoms with Gasteiger partial charge < -0.3 is 28.4 Å². The fraction of sp³-hybridized carbons (Fsp3) is 0.143. The highest BCUT2D eigenvalue weighted by atomic mass is 16.5. The molecule has 0 radical (unpaired) electrons. The lowest BCUT2D eigenvalue weighted by atomic mass is 10.1. The Labute approximate surface area is 217 Å². The number of nitrogens with one attached hydrogen (secondary N) is 1. The zero-order chi connectivity index (χ0) is 26.6. The van der Waals surface area contributed by atoms with Crippen molar-refractivity contribution in [2.75, 3.05) is 19.5 Å². The van der Waals surface area contributed by atoms with E-state index in [-0.39, 0.29) is 5.56 Å². The standard InChI is InChI=1S/C28H23N3O7/c1-16(27(32)31-20-11-9-18(34-2)15-24(20)35-3)38-28(33)17-8-10-19-21(14-17)30-26(23-7-5-13-37-23)25(29-19)22-6-4-12-36-22/h4-16H,1-3H3,(H,31,32). The first-order chi connectivity index (χ1) is 18.5. The Bertz CT molecular complexity index is 1590. The SMILES string of the molecule is COc1ccc(NC(=O)C(C)OC(=O)c2ccc3nc(-c4ccco4)c(-c4ccco4)nc3c2)c(OC)c1. The molecule has 10 heteroatoms. The first-order valence-corrected chi connectivity index (χ1v) is 11.6. The summed E-state index contributed by atoms with van der Waals surface area (Å²) in [5, 5.41) is 2.70. The molecular formula is C28H23N3O7. The molecule has 5 aromatic rings. The zero-order valence-corrected chi connectivity index (χ0v) is 20.8. The Kier molecular flexibility index (Phi) is 6.77. The summed E-state index contributed by atoms with van der Waals surface area (Å²) in [4.78, 5) is 35.0. The second-order valence-corrected chi connectivity index (χ2v) is 8.18. The summed E-state index contributed by atoms with van der Waals surface area (Å²) in [6.07, 6.45) is 2.00. The van der Waals surface area contributed by atoms with Gasteiger partial charge in [-0.25, -0.2) is 14.8 Å². The lowest BCUT2D eigenvalue weighted by Gasteiger charge is -2.16. The van der Waals surface area contributed by atoms with Gasteiger partial charge in [0.1, 0.15) is 22.9 Å². The Morgan fingerprint density at radius 2 is 1.53 bits per heavy atom. The molecule has 10 nitrogen and oxygen atoms in total. The van der Waals surface area contributed by atoms with Crippen LogP contribution < -0.4 is 14.8 Å². The molecule has 5 rings (SSSR count). The minimum atomic E-state index is -1.09. The summed E-state index contributed by atoms with van der Waals surface area (Å²) in [6.45, 7) is 1.48. The normalized spacial score (nSPS) is 11.7. The van der Waals surface area contributed by atoms with E-state index in [4.69, 9.17) is 28.0 Å². The maximum absolute atomic E-state index is 12.9. The number of anilines is 1. The molecule has 0 fully saturated rings. The predicted octanol–water partition coefficient (Wildman–Crippen LogP) is 5.35. The number of furan rings is 2. The molecule has 1 amide bonds. The quantitative estimate of drug-likeness (QED) is 0.273. The number of nitrogens with zero attached hydrogens (tertiary/aromatic N) is 2. The number of hydrogen-bond donors (Lipinski definition) is 1. The third-order valence-corrected chi connectivity index (χ3v) is 5.73. The maximum atomic E-state index is 12.9. The van der Waals surface area contributed by atoms with E-state index in [1.807, 2.05) is 0 Å². The molecule has 192 valence electrons. The van der Waals surface area contributed by atoms with E-state index in [2.05, 4.69) is 10.3 Å². The number of fused-ring (bicyclic) bond motifs is 1. The van der Waals surface area contributed by atoms with E-state index < -0.39 is 18.0 Å². The van der Waals surface area contributed by atoms with Gasteiger partial charge in [0, 0.05) is 6.07 Å². The Morgan fingerprint density at radius 1 is 0.842 bits per heavy atom. The second kappa shape index (κ2) is 10.5. The molecule has 1 atom stereocenters. The van der Waals surface area contributed by atoms with Gasteiger partial charge in [-0.2, -0.15) is 0 Å². The monoisotopic (exact) mass is 513 g/mol. The van der Waals surface area contributed by atoms with Gasteiger partial charge in [-0.1, -0.05) is 0 Å². The van der Waals surface area contributed by atoms with E-state index in [1.54, 1.807) is 66.9 Å². The van der Waals surface area contributed by atoms with Crippen molar-refractivity contribution in [3.05, 3.63) is 78.8 Å². The van der Waals surface area contributed by atoms with Crippen LogP contribution in [0.25, 0.3) is 33.9 Å². The van der Waals surface area contributed by atoms with Crippen molar-refractivity contribution in [3.63, 3.8) is 0 Å². The van der Waals surface area contributed by atoms with Gasteiger partial charge in [0.15, 0.2) is 17.6 Å². The molecule has 3 heterocycles. The summed E-state index contributed by atoms with van der Waals surface area (Å²) >= 11 is 0. The van der Waals surface area contributed by atoms with Crippen LogP contribution in [0.2, 0.25) is 0 Å². The van der Waals surface area contributed by atoms with Gasteiger partial charge in [-0.05, 0) is 61.5 Å². The molecule has 0 aliphatic carbocycles. The van der Waals surface area contributed by atoms with Crippen LogP contribution in [-0.2, 0) is 9.53 Å². The molecule has 1 unspecified atom stereocenters. The van der Waals surface area contributed by atoms with Crippen LogP contribution >= 0.6 is 0 Å². The number of esters is 1. The number of ether oxygens (including phenoxy) is 3. The second-order valence-electron chi connectivity index (χ2n) is 8.18. The average Bonchev–Trinajstić information content (AvgIpc) is 3.67. The Hall–Kier alpha value is -5.12. The van der Waals surface area contributed by atoms with Crippen LogP contribution in [0.4, 0.5) is 5.69 Å². The summed E-state index contributed by atoms with van der Waals surface area (Å²) in [5.41, 5.74) is 2.59. The highest BCUT2D eigenvalue weighted by molar-refractivity contribution is 5.99. The lowest BCUT2D eigenvalue weighted by molar-refractivity contribution is -0.123. The van der Waals surface area contributed by atoms with E-state index in [0.717, 1.165) is 0 Å². The number of benzene rings is 2. The number of rotatable bonds is 8. The van der Waals surface area contributed by atoms with Gasteiger partial charge in [0.25, 0.3) is 5.91 Å². The van der Waals surface area contributed by atoms with Crippen LogP contribution in [0.1, 0.15) is 17.3 Å². The minimum Gasteiger partial charge on any atom is -0.497 e. The molecule has 38 heavy (non-hydrogen) atoms. The fourth-order valence-corrected chi connectivity index (χ4v) is 3.77. The summed E-state index contributed by atoms with van der Waals surface area (Å²) in [5.74, 6) is 0.801. The number of carbonyl (C=O) groups is 2. The molecule has 0 aliphatic rings. The molecule has 0 bridgehead atoms. The predicted molar refractivity (Wildman–Crippen MR) is 138 cm³/mol. The summed E-state index contributed by atoms with van der Waals surface area (Å²) in [6, 6.07) is 16.8. The van der Waals surface area contributed by atoms with Crippen LogP contribution in [0.3, 0.4) is 0 Å². The van der Waals surface area contributed by atoms with Crippen LogP contribution in [0.5, 0.6) is 11.5 Å². The molecule has 3 aromatic heterocycles. The van der Waals surface area contributed by atoms with E-state index >= 15 is 0 Å². The van der Waals surface area contributed by atoms with Crippen molar-refractivity contribution in [1.29, 1.82) is 0 Å². The molecule has 0 saturated heterocycles. The van der Waals surface area contributed by atoms with Crippen molar-refractivity contribution in [2.45, 2.75) is 13.0 Å². The number of hydrogen-bond acceptors (Lipinski definition) is 9. The third-order valence-electron chi connectivity index (χ3n) is 5.73. The first-order valence-electron chi connectivity index (χ1n) is 11.6. The van der Waals surface area contributed by atoms with Crippen molar-refractivity contribution in [2.24, 2.45) is 0 Å². The highest BCUT2D eigenvalue weighted by Gasteiger charge is 2.22. The third kappa shape index (κ3) is 4.92. The smallest absolute Gasteiger partial charge is 0.338 e. The molecule has 2 aromatic carbocycles. The van der Waals surface area contributed by atoms with Gasteiger partial charge >= 0.3 is 5.97 Å². The van der Waals surface area contributed by atoms with E-state index in [1.165, 1.54) is 27.4 Å². The van der Waals surface area contributed by atoms with Crippen LogP contribution in [-0.4, -0.2) is 42.2 Å². The van der Waals surface area contributed by atoms with Gasteiger partial charge in [-0.3, -0.25) is 4.79 Å². The van der Waals surface area contributed by atoms with Crippen molar-refractivity contribution < 1.29 is 32.6 Å². The Balaban J connectivity index is 1.37. The molecule has 0 spiro atoms. The maximum Gasteiger partial charge on any atom is 0.338 e. The lowest BCUT2D eigenvalue weighted by Crippen LogP contribution is -2.30. The highest BCUT2D eigenvalue weighted by Crippen LogP contribution is 2.32. The topological polar surface area (TPSA) is 126 Å². The average molecular weight is 514 g/mol. The molecule has 1 N–H and O–H groups in total. The zero-order valence-electron chi connectivity index (χ0n) is 20.8. The van der Waals surface area contributed by atoms with Crippen LogP contribution in [0, 0.1) is 0 Å². The number of carbonyl (C=O) groups excluding carboxylic acids is 2. The van der Waals surface area contributed by atoms with E-state index in [9.17, 15) is 9.59 Å². The fourth-order valence-electron chi connectivity index (χ4n) is 3.77. The van der Waals surface area contributed by atoms with Crippen LogP contribution in [0.15, 0.2) is 82.0 Å². The molecule has 0 saturated carbocycles. The summed E-state index contributed by atoms with van der Waals surface area (Å²) in [7, 11) is 3.01.